The van der Waals surface area contributed by atoms with Crippen LogP contribution in [-0.2, 0) is 10.2 Å². The number of anilines is 1. The summed E-state index contributed by atoms with van der Waals surface area (Å²) in [5.41, 5.74) is 8.34. The van der Waals surface area contributed by atoms with E-state index in [2.05, 4.69) is 38.2 Å². The Bertz CT molecular complexity index is 777. The summed E-state index contributed by atoms with van der Waals surface area (Å²) in [5, 5.41) is 2.78. The Morgan fingerprint density at radius 1 is 1.08 bits per heavy atom. The molecule has 132 valence electrons. The van der Waals surface area contributed by atoms with E-state index in [9.17, 15) is 9.59 Å². The van der Waals surface area contributed by atoms with Crippen molar-refractivity contribution in [2.45, 2.75) is 38.0 Å². The van der Waals surface area contributed by atoms with Crippen molar-refractivity contribution in [3.63, 3.8) is 0 Å². The third-order valence-corrected chi connectivity index (χ3v) is 4.90. The number of hydrogen-bond acceptors (Lipinski definition) is 3. The average Bonchev–Trinajstić information content (AvgIpc) is 2.52. The molecule has 0 spiro atoms. The molecule has 0 aromatic heterocycles. The molecule has 0 fully saturated rings. The van der Waals surface area contributed by atoms with E-state index in [-0.39, 0.29) is 17.1 Å². The summed E-state index contributed by atoms with van der Waals surface area (Å²) in [6.45, 7) is 8.30. The standard InChI is InChI=1S/C20H24N2O2S/c1-13-6-5-7-16(18(13)19(21)24)22-17(23)12-25-15-10-8-14(9-11-15)20(2,3)4/h5-11H,12H2,1-4H3,(H2,21,24)(H,22,23). The number of benzene rings is 2. The van der Waals surface area contributed by atoms with Crippen molar-refractivity contribution in [3.8, 4) is 0 Å². The lowest BCUT2D eigenvalue weighted by Gasteiger charge is -2.19. The van der Waals surface area contributed by atoms with Gasteiger partial charge in [-0.15, -0.1) is 11.8 Å². The molecule has 2 aromatic rings. The number of nitrogens with two attached hydrogens (primary N) is 1. The summed E-state index contributed by atoms with van der Waals surface area (Å²) < 4.78 is 0. The minimum Gasteiger partial charge on any atom is -0.366 e. The molecule has 0 aliphatic heterocycles. The second-order valence-electron chi connectivity index (χ2n) is 6.97. The lowest BCUT2D eigenvalue weighted by atomic mass is 9.87. The lowest BCUT2D eigenvalue weighted by molar-refractivity contribution is -0.113. The van der Waals surface area contributed by atoms with E-state index in [0.29, 0.717) is 11.3 Å². The smallest absolute Gasteiger partial charge is 0.251 e. The van der Waals surface area contributed by atoms with E-state index in [1.807, 2.05) is 12.1 Å². The Balaban J connectivity index is 2.00. The second kappa shape index (κ2) is 7.74. The van der Waals surface area contributed by atoms with Crippen molar-refractivity contribution in [2.75, 3.05) is 11.1 Å². The fourth-order valence-corrected chi connectivity index (χ4v) is 3.18. The van der Waals surface area contributed by atoms with Gasteiger partial charge in [0.25, 0.3) is 5.91 Å². The molecule has 0 heterocycles. The van der Waals surface area contributed by atoms with Crippen LogP contribution in [0.5, 0.6) is 0 Å². The molecule has 2 amide bonds. The first-order valence-corrected chi connectivity index (χ1v) is 9.09. The van der Waals surface area contributed by atoms with Gasteiger partial charge in [0, 0.05) is 4.90 Å². The van der Waals surface area contributed by atoms with E-state index in [4.69, 9.17) is 5.73 Å². The van der Waals surface area contributed by atoms with Gasteiger partial charge in [0.05, 0.1) is 17.0 Å². The topological polar surface area (TPSA) is 72.2 Å². The van der Waals surface area contributed by atoms with Gasteiger partial charge in [-0.1, -0.05) is 45.0 Å². The van der Waals surface area contributed by atoms with Crippen LogP contribution in [0, 0.1) is 6.92 Å². The zero-order valence-electron chi connectivity index (χ0n) is 15.1. The Labute approximate surface area is 153 Å². The molecule has 0 bridgehead atoms. The van der Waals surface area contributed by atoms with E-state index in [1.54, 1.807) is 25.1 Å². The number of aryl methyl sites for hydroxylation is 1. The third kappa shape index (κ3) is 5.10. The summed E-state index contributed by atoms with van der Waals surface area (Å²) in [5.74, 6) is -0.446. The summed E-state index contributed by atoms with van der Waals surface area (Å²) >= 11 is 1.46. The highest BCUT2D eigenvalue weighted by molar-refractivity contribution is 8.00. The zero-order valence-corrected chi connectivity index (χ0v) is 15.9. The first-order valence-electron chi connectivity index (χ1n) is 8.11. The van der Waals surface area contributed by atoms with Gasteiger partial charge in [0.15, 0.2) is 0 Å². The monoisotopic (exact) mass is 356 g/mol. The lowest BCUT2D eigenvalue weighted by Crippen LogP contribution is -2.20. The predicted octanol–water partition coefficient (Wildman–Crippen LogP) is 4.12. The quantitative estimate of drug-likeness (QED) is 0.792. The number of rotatable bonds is 5. The molecular weight excluding hydrogens is 332 g/mol. The second-order valence-corrected chi connectivity index (χ2v) is 8.02. The molecule has 3 N–H and O–H groups in total. The summed E-state index contributed by atoms with van der Waals surface area (Å²) in [7, 11) is 0. The molecule has 0 aliphatic carbocycles. The molecule has 0 saturated carbocycles. The normalized spacial score (nSPS) is 11.2. The van der Waals surface area contributed by atoms with Gasteiger partial charge >= 0.3 is 0 Å². The maximum Gasteiger partial charge on any atom is 0.251 e. The molecule has 2 aromatic carbocycles. The van der Waals surface area contributed by atoms with Crippen LogP contribution in [0.2, 0.25) is 0 Å². The first-order chi connectivity index (χ1) is 11.7. The molecule has 4 nitrogen and oxygen atoms in total. The van der Waals surface area contributed by atoms with Gasteiger partial charge in [-0.25, -0.2) is 0 Å². The highest BCUT2D eigenvalue weighted by Crippen LogP contribution is 2.26. The molecule has 0 radical (unpaired) electrons. The minimum absolute atomic E-state index is 0.108. The number of carbonyl (C=O) groups excluding carboxylic acids is 2. The number of hydrogen-bond donors (Lipinski definition) is 2. The molecular formula is C20H24N2O2S. The number of amides is 2. The van der Waals surface area contributed by atoms with Crippen molar-refractivity contribution < 1.29 is 9.59 Å². The summed E-state index contributed by atoms with van der Waals surface area (Å²) in [4.78, 5) is 24.8. The van der Waals surface area contributed by atoms with Crippen LogP contribution in [0.15, 0.2) is 47.4 Å². The predicted molar refractivity (Wildman–Crippen MR) is 104 cm³/mol. The van der Waals surface area contributed by atoms with Gasteiger partial charge in [0.1, 0.15) is 0 Å². The van der Waals surface area contributed by atoms with Crippen molar-refractivity contribution in [2.24, 2.45) is 5.73 Å². The number of carbonyl (C=O) groups is 2. The highest BCUT2D eigenvalue weighted by Gasteiger charge is 2.15. The Morgan fingerprint density at radius 3 is 2.28 bits per heavy atom. The summed E-state index contributed by atoms with van der Waals surface area (Å²) in [6, 6.07) is 13.5. The maximum atomic E-state index is 12.2. The average molecular weight is 356 g/mol. The van der Waals surface area contributed by atoms with Gasteiger partial charge < -0.3 is 11.1 Å². The summed E-state index contributed by atoms with van der Waals surface area (Å²) in [6.07, 6.45) is 0. The SMILES string of the molecule is Cc1cccc(NC(=O)CSc2ccc(C(C)(C)C)cc2)c1C(N)=O. The van der Waals surface area contributed by atoms with Crippen molar-refractivity contribution >= 4 is 29.3 Å². The van der Waals surface area contributed by atoms with Crippen LogP contribution in [0.4, 0.5) is 5.69 Å². The van der Waals surface area contributed by atoms with Crippen LogP contribution >= 0.6 is 11.8 Å². The van der Waals surface area contributed by atoms with Gasteiger partial charge in [-0.3, -0.25) is 9.59 Å². The molecule has 0 saturated heterocycles. The molecule has 0 aliphatic rings. The fourth-order valence-electron chi connectivity index (χ4n) is 2.49. The molecule has 25 heavy (non-hydrogen) atoms. The van der Waals surface area contributed by atoms with E-state index in [1.165, 1.54) is 17.3 Å². The van der Waals surface area contributed by atoms with Crippen LogP contribution in [0.25, 0.3) is 0 Å². The van der Waals surface area contributed by atoms with Crippen LogP contribution in [-0.4, -0.2) is 17.6 Å². The highest BCUT2D eigenvalue weighted by atomic mass is 32.2. The Morgan fingerprint density at radius 2 is 1.72 bits per heavy atom. The van der Waals surface area contributed by atoms with E-state index in [0.717, 1.165) is 10.5 Å². The van der Waals surface area contributed by atoms with Crippen LogP contribution in [0.1, 0.15) is 42.3 Å². The van der Waals surface area contributed by atoms with E-state index >= 15 is 0 Å². The zero-order chi connectivity index (χ0) is 18.6. The maximum absolute atomic E-state index is 12.2. The van der Waals surface area contributed by atoms with Crippen LogP contribution < -0.4 is 11.1 Å². The van der Waals surface area contributed by atoms with Gasteiger partial charge in [-0.2, -0.15) is 0 Å². The van der Waals surface area contributed by atoms with Gasteiger partial charge in [-0.05, 0) is 41.7 Å². The number of thioether (sulfide) groups is 1. The fraction of sp³-hybridized carbons (Fsp3) is 0.300. The third-order valence-electron chi connectivity index (χ3n) is 3.88. The molecule has 2 rings (SSSR count). The van der Waals surface area contributed by atoms with Gasteiger partial charge in [0.2, 0.25) is 5.91 Å². The number of primary amides is 1. The van der Waals surface area contributed by atoms with Crippen LogP contribution in [0.3, 0.4) is 0 Å². The van der Waals surface area contributed by atoms with Crippen molar-refractivity contribution in [1.82, 2.24) is 0 Å². The Hall–Kier alpha value is -2.27. The molecule has 0 unspecified atom stereocenters. The largest absolute Gasteiger partial charge is 0.366 e. The molecule has 5 heteroatoms. The minimum atomic E-state index is -0.543. The van der Waals surface area contributed by atoms with Crippen molar-refractivity contribution in [3.05, 3.63) is 59.2 Å². The Kier molecular flexibility index (Phi) is 5.90. The van der Waals surface area contributed by atoms with E-state index < -0.39 is 5.91 Å². The molecule has 0 atom stereocenters. The number of nitrogens with one attached hydrogen (secondary N) is 1. The van der Waals surface area contributed by atoms with Crippen molar-refractivity contribution in [1.29, 1.82) is 0 Å². The first kappa shape index (κ1) is 19.1.